The lowest BCUT2D eigenvalue weighted by Crippen LogP contribution is -2.44. The lowest BCUT2D eigenvalue weighted by atomic mass is 10.2. The van der Waals surface area contributed by atoms with E-state index >= 15 is 0 Å². The summed E-state index contributed by atoms with van der Waals surface area (Å²) in [5, 5.41) is 10.8. The summed E-state index contributed by atoms with van der Waals surface area (Å²) in [6.07, 6.45) is 4.31. The molecule has 1 aliphatic rings. The van der Waals surface area contributed by atoms with Crippen molar-refractivity contribution in [3.63, 3.8) is 0 Å². The molecule has 0 spiro atoms. The van der Waals surface area contributed by atoms with E-state index in [1.165, 1.54) is 12.3 Å². The Labute approximate surface area is 122 Å². The van der Waals surface area contributed by atoms with E-state index in [-0.39, 0.29) is 18.4 Å². The molecular weight excluding hydrogens is 299 g/mol. The molecule has 0 bridgehead atoms. The van der Waals surface area contributed by atoms with Gasteiger partial charge in [-0.3, -0.25) is 0 Å². The van der Waals surface area contributed by atoms with Gasteiger partial charge in [-0.15, -0.1) is 0 Å². The fraction of sp³-hybridized carbons (Fsp3) is 0.500. The summed E-state index contributed by atoms with van der Waals surface area (Å²) in [4.78, 5) is 3.63. The van der Waals surface area contributed by atoms with Gasteiger partial charge in [0.25, 0.3) is 10.0 Å². The van der Waals surface area contributed by atoms with E-state index in [4.69, 9.17) is 10.9 Å². The van der Waals surface area contributed by atoms with Gasteiger partial charge in [-0.05, 0) is 25.0 Å². The van der Waals surface area contributed by atoms with Crippen LogP contribution in [-0.4, -0.2) is 41.3 Å². The van der Waals surface area contributed by atoms with E-state index in [9.17, 15) is 12.8 Å². The molecule has 1 aromatic rings. The summed E-state index contributed by atoms with van der Waals surface area (Å²) in [5.41, 5.74) is 5.43. The SMILES string of the molecule is N/C(CN(C1CCCC1)S(=O)(=O)c1ncccc1F)=N/O. The second kappa shape index (κ2) is 6.35. The molecular formula is C12H17FN4O3S. The summed E-state index contributed by atoms with van der Waals surface area (Å²) >= 11 is 0. The molecule has 116 valence electrons. The highest BCUT2D eigenvalue weighted by molar-refractivity contribution is 7.89. The van der Waals surface area contributed by atoms with Gasteiger partial charge in [0.1, 0.15) is 0 Å². The van der Waals surface area contributed by atoms with Gasteiger partial charge in [0.15, 0.2) is 11.7 Å². The van der Waals surface area contributed by atoms with Crippen molar-refractivity contribution in [2.24, 2.45) is 10.9 Å². The van der Waals surface area contributed by atoms with Crippen molar-refractivity contribution in [3.8, 4) is 0 Å². The number of nitrogens with two attached hydrogens (primary N) is 1. The number of hydrogen-bond donors (Lipinski definition) is 2. The number of amidine groups is 1. The van der Waals surface area contributed by atoms with Crippen LogP contribution in [0.15, 0.2) is 28.5 Å². The van der Waals surface area contributed by atoms with Gasteiger partial charge in [0.05, 0.1) is 6.54 Å². The lowest BCUT2D eigenvalue weighted by Gasteiger charge is -2.27. The largest absolute Gasteiger partial charge is 0.409 e. The zero-order chi connectivity index (χ0) is 15.5. The highest BCUT2D eigenvalue weighted by atomic mass is 32.2. The fourth-order valence-electron chi connectivity index (χ4n) is 2.47. The molecule has 0 aliphatic heterocycles. The van der Waals surface area contributed by atoms with Crippen molar-refractivity contribution in [2.45, 2.75) is 36.8 Å². The number of pyridine rings is 1. The number of nitrogens with zero attached hydrogens (tertiary/aromatic N) is 3. The molecule has 0 unspecified atom stereocenters. The van der Waals surface area contributed by atoms with Crippen LogP contribution in [0.2, 0.25) is 0 Å². The third kappa shape index (κ3) is 3.30. The maximum atomic E-state index is 13.8. The first-order valence-corrected chi connectivity index (χ1v) is 7.99. The standard InChI is InChI=1S/C12H17FN4O3S/c13-10-6-3-7-15-12(10)21(19,20)17(8-11(14)16-18)9-4-1-2-5-9/h3,6-7,9,18H,1-2,4-5,8H2,(H2,14,16). The Morgan fingerprint density at radius 3 is 2.76 bits per heavy atom. The lowest BCUT2D eigenvalue weighted by molar-refractivity contribution is 0.308. The van der Waals surface area contributed by atoms with Crippen LogP contribution >= 0.6 is 0 Å². The van der Waals surface area contributed by atoms with E-state index < -0.39 is 20.9 Å². The van der Waals surface area contributed by atoms with Crippen LogP contribution in [0.3, 0.4) is 0 Å². The molecule has 1 aliphatic carbocycles. The molecule has 0 atom stereocenters. The summed E-state index contributed by atoms with van der Waals surface area (Å²) in [6.45, 7) is -0.292. The van der Waals surface area contributed by atoms with E-state index in [0.29, 0.717) is 12.8 Å². The number of aromatic nitrogens is 1. The Kier molecular flexibility index (Phi) is 4.73. The number of sulfonamides is 1. The Balaban J connectivity index is 2.41. The fourth-order valence-corrected chi connectivity index (χ4v) is 4.10. The van der Waals surface area contributed by atoms with Crippen molar-refractivity contribution in [1.82, 2.24) is 9.29 Å². The zero-order valence-electron chi connectivity index (χ0n) is 11.3. The van der Waals surface area contributed by atoms with Crippen molar-refractivity contribution in [3.05, 3.63) is 24.1 Å². The topological polar surface area (TPSA) is 109 Å². The Morgan fingerprint density at radius 1 is 1.52 bits per heavy atom. The third-order valence-corrected chi connectivity index (χ3v) is 5.29. The van der Waals surface area contributed by atoms with Crippen LogP contribution in [0, 0.1) is 5.82 Å². The second-order valence-corrected chi connectivity index (χ2v) is 6.68. The third-order valence-electron chi connectivity index (χ3n) is 3.46. The normalized spacial score (nSPS) is 17.5. The monoisotopic (exact) mass is 316 g/mol. The maximum absolute atomic E-state index is 13.8. The molecule has 1 saturated carbocycles. The average Bonchev–Trinajstić information content (AvgIpc) is 2.98. The minimum atomic E-state index is -4.15. The molecule has 1 fully saturated rings. The van der Waals surface area contributed by atoms with Crippen molar-refractivity contribution in [1.29, 1.82) is 0 Å². The number of rotatable bonds is 5. The zero-order valence-corrected chi connectivity index (χ0v) is 12.1. The predicted octanol–water partition coefficient (Wildman–Crippen LogP) is 0.900. The molecule has 2 rings (SSSR count). The summed E-state index contributed by atoms with van der Waals surface area (Å²) in [6, 6.07) is 2.06. The molecule has 0 saturated heterocycles. The molecule has 21 heavy (non-hydrogen) atoms. The second-order valence-electron chi connectivity index (χ2n) is 4.87. The Bertz CT molecular complexity index is 629. The maximum Gasteiger partial charge on any atom is 0.264 e. The van der Waals surface area contributed by atoms with E-state index in [1.807, 2.05) is 0 Å². The summed E-state index contributed by atoms with van der Waals surface area (Å²) < 4.78 is 40.1. The first kappa shape index (κ1) is 15.6. The van der Waals surface area contributed by atoms with Crippen LogP contribution in [0.25, 0.3) is 0 Å². The Morgan fingerprint density at radius 2 is 2.19 bits per heavy atom. The van der Waals surface area contributed by atoms with E-state index in [1.54, 1.807) is 0 Å². The van der Waals surface area contributed by atoms with Crippen LogP contribution < -0.4 is 5.73 Å². The summed E-state index contributed by atoms with van der Waals surface area (Å²) in [5.74, 6) is -1.16. The quantitative estimate of drug-likeness (QED) is 0.363. The minimum Gasteiger partial charge on any atom is -0.409 e. The van der Waals surface area contributed by atoms with Gasteiger partial charge in [-0.1, -0.05) is 18.0 Å². The molecule has 1 aromatic heterocycles. The molecule has 9 heteroatoms. The highest BCUT2D eigenvalue weighted by Crippen LogP contribution is 2.28. The van der Waals surface area contributed by atoms with Gasteiger partial charge < -0.3 is 10.9 Å². The minimum absolute atomic E-state index is 0.248. The van der Waals surface area contributed by atoms with Crippen LogP contribution in [0.5, 0.6) is 0 Å². The molecule has 0 aromatic carbocycles. The Hall–Kier alpha value is -1.74. The number of hydrogen-bond acceptors (Lipinski definition) is 5. The van der Waals surface area contributed by atoms with Gasteiger partial charge in [-0.25, -0.2) is 17.8 Å². The first-order chi connectivity index (χ1) is 9.96. The van der Waals surface area contributed by atoms with E-state index in [2.05, 4.69) is 10.1 Å². The van der Waals surface area contributed by atoms with E-state index in [0.717, 1.165) is 23.2 Å². The van der Waals surface area contributed by atoms with Gasteiger partial charge >= 0.3 is 0 Å². The highest BCUT2D eigenvalue weighted by Gasteiger charge is 2.36. The van der Waals surface area contributed by atoms with Crippen LogP contribution in [-0.2, 0) is 10.0 Å². The van der Waals surface area contributed by atoms with Gasteiger partial charge in [-0.2, -0.15) is 4.31 Å². The summed E-state index contributed by atoms with van der Waals surface area (Å²) in [7, 11) is -4.15. The molecule has 0 radical (unpaired) electrons. The average molecular weight is 316 g/mol. The van der Waals surface area contributed by atoms with Gasteiger partial charge in [0.2, 0.25) is 5.03 Å². The van der Waals surface area contributed by atoms with Gasteiger partial charge in [0, 0.05) is 12.2 Å². The predicted molar refractivity (Wildman–Crippen MR) is 73.8 cm³/mol. The first-order valence-electron chi connectivity index (χ1n) is 6.55. The molecule has 0 amide bonds. The smallest absolute Gasteiger partial charge is 0.264 e. The van der Waals surface area contributed by atoms with Crippen LogP contribution in [0.1, 0.15) is 25.7 Å². The molecule has 7 nitrogen and oxygen atoms in total. The molecule has 1 heterocycles. The molecule has 3 N–H and O–H groups in total. The van der Waals surface area contributed by atoms with Crippen molar-refractivity contribution in [2.75, 3.05) is 6.54 Å². The van der Waals surface area contributed by atoms with Crippen molar-refractivity contribution < 1.29 is 18.0 Å². The van der Waals surface area contributed by atoms with Crippen molar-refractivity contribution >= 4 is 15.9 Å². The number of halogens is 1. The van der Waals surface area contributed by atoms with Crippen LogP contribution in [0.4, 0.5) is 4.39 Å². The number of oxime groups is 1.